The van der Waals surface area contributed by atoms with Gasteiger partial charge in [0.15, 0.2) is 0 Å². The molecule has 2 fully saturated rings. The minimum absolute atomic E-state index is 0.0438. The maximum absolute atomic E-state index is 9.51. The number of rotatable bonds is 3. The third kappa shape index (κ3) is 2.68. The molecule has 2 aliphatic carbocycles. The molecule has 0 spiro atoms. The average molecular weight is 183 g/mol. The van der Waals surface area contributed by atoms with Crippen LogP contribution in [0.25, 0.3) is 0 Å². The molecule has 1 unspecified atom stereocenters. The summed E-state index contributed by atoms with van der Waals surface area (Å²) in [4.78, 5) is 0. The molecule has 2 aliphatic rings. The van der Waals surface area contributed by atoms with Gasteiger partial charge in [0.25, 0.3) is 0 Å². The van der Waals surface area contributed by atoms with Crippen LogP contribution in [0.2, 0.25) is 0 Å². The molecule has 2 saturated carbocycles. The summed E-state index contributed by atoms with van der Waals surface area (Å²) in [5.74, 6) is 0.930. The predicted octanol–water partition coefficient (Wildman–Crippen LogP) is 1.68. The zero-order valence-corrected chi connectivity index (χ0v) is 8.50. The van der Waals surface area contributed by atoms with Crippen LogP contribution in [0.5, 0.6) is 0 Å². The van der Waals surface area contributed by atoms with Gasteiger partial charge in [0.1, 0.15) is 0 Å². The SMILES string of the molecule is CC(N[C@H]1CCC[C@@H](O)C1)C1CC1. The second-order valence-electron chi connectivity index (χ2n) is 4.81. The number of aliphatic hydroxyl groups is 1. The Balaban J connectivity index is 1.73. The topological polar surface area (TPSA) is 32.3 Å². The largest absolute Gasteiger partial charge is 0.393 e. The lowest BCUT2D eigenvalue weighted by Gasteiger charge is -2.29. The lowest BCUT2D eigenvalue weighted by molar-refractivity contribution is 0.108. The molecule has 0 bridgehead atoms. The zero-order chi connectivity index (χ0) is 9.26. The summed E-state index contributed by atoms with van der Waals surface area (Å²) in [5.41, 5.74) is 0. The van der Waals surface area contributed by atoms with Crippen LogP contribution in [0.1, 0.15) is 45.4 Å². The van der Waals surface area contributed by atoms with Crippen molar-refractivity contribution in [3.05, 3.63) is 0 Å². The van der Waals surface area contributed by atoms with Crippen molar-refractivity contribution in [3.8, 4) is 0 Å². The average Bonchev–Trinajstić information content (AvgIpc) is 2.85. The van der Waals surface area contributed by atoms with Crippen LogP contribution in [0.4, 0.5) is 0 Å². The van der Waals surface area contributed by atoms with Crippen molar-refractivity contribution in [1.82, 2.24) is 5.32 Å². The Labute approximate surface area is 80.7 Å². The molecule has 2 rings (SSSR count). The molecule has 2 nitrogen and oxygen atoms in total. The second-order valence-corrected chi connectivity index (χ2v) is 4.81. The van der Waals surface area contributed by atoms with Gasteiger partial charge in [-0.05, 0) is 51.4 Å². The van der Waals surface area contributed by atoms with E-state index in [1.165, 1.54) is 25.7 Å². The van der Waals surface area contributed by atoms with Gasteiger partial charge in [-0.1, -0.05) is 0 Å². The summed E-state index contributed by atoms with van der Waals surface area (Å²) in [6.45, 7) is 2.29. The fourth-order valence-corrected chi connectivity index (χ4v) is 2.42. The van der Waals surface area contributed by atoms with Crippen LogP contribution < -0.4 is 5.32 Å². The second kappa shape index (κ2) is 3.97. The maximum Gasteiger partial charge on any atom is 0.0555 e. The molecule has 0 aromatic rings. The Bertz CT molecular complexity index is 167. The van der Waals surface area contributed by atoms with Gasteiger partial charge in [-0.25, -0.2) is 0 Å². The third-order valence-electron chi connectivity index (χ3n) is 3.47. The molecule has 0 amide bonds. The van der Waals surface area contributed by atoms with Gasteiger partial charge < -0.3 is 10.4 Å². The Hall–Kier alpha value is -0.0800. The molecule has 2 N–H and O–H groups in total. The van der Waals surface area contributed by atoms with Crippen molar-refractivity contribution >= 4 is 0 Å². The number of hydrogen-bond acceptors (Lipinski definition) is 2. The highest BCUT2D eigenvalue weighted by atomic mass is 16.3. The van der Waals surface area contributed by atoms with Gasteiger partial charge >= 0.3 is 0 Å². The van der Waals surface area contributed by atoms with E-state index < -0.39 is 0 Å². The highest BCUT2D eigenvalue weighted by molar-refractivity contribution is 4.87. The third-order valence-corrected chi connectivity index (χ3v) is 3.47. The minimum Gasteiger partial charge on any atom is -0.393 e. The van der Waals surface area contributed by atoms with Crippen molar-refractivity contribution < 1.29 is 5.11 Å². The van der Waals surface area contributed by atoms with Gasteiger partial charge in [0.2, 0.25) is 0 Å². The van der Waals surface area contributed by atoms with Crippen molar-refractivity contribution in [2.45, 2.75) is 63.6 Å². The van der Waals surface area contributed by atoms with Gasteiger partial charge in [0, 0.05) is 12.1 Å². The molecule has 0 heterocycles. The first kappa shape index (κ1) is 9.47. The molecule has 0 aromatic heterocycles. The number of aliphatic hydroxyl groups excluding tert-OH is 1. The van der Waals surface area contributed by atoms with E-state index in [1.54, 1.807) is 0 Å². The van der Waals surface area contributed by atoms with Crippen LogP contribution in [-0.2, 0) is 0 Å². The number of hydrogen-bond donors (Lipinski definition) is 2. The molecule has 13 heavy (non-hydrogen) atoms. The lowest BCUT2D eigenvalue weighted by Crippen LogP contribution is -2.41. The molecule has 0 aromatic carbocycles. The fourth-order valence-electron chi connectivity index (χ4n) is 2.42. The van der Waals surface area contributed by atoms with Gasteiger partial charge in [-0.3, -0.25) is 0 Å². The van der Waals surface area contributed by atoms with E-state index in [-0.39, 0.29) is 6.10 Å². The Morgan fingerprint density at radius 1 is 1.23 bits per heavy atom. The Morgan fingerprint density at radius 3 is 2.62 bits per heavy atom. The van der Waals surface area contributed by atoms with E-state index in [4.69, 9.17) is 0 Å². The highest BCUT2D eigenvalue weighted by Crippen LogP contribution is 2.33. The van der Waals surface area contributed by atoms with Crippen LogP contribution in [0.3, 0.4) is 0 Å². The summed E-state index contributed by atoms with van der Waals surface area (Å²) in [6.07, 6.45) is 7.20. The quantitative estimate of drug-likeness (QED) is 0.697. The molecule has 2 heteroatoms. The Kier molecular flexibility index (Phi) is 2.89. The predicted molar refractivity (Wildman–Crippen MR) is 53.6 cm³/mol. The van der Waals surface area contributed by atoms with E-state index in [1.807, 2.05) is 0 Å². The lowest BCUT2D eigenvalue weighted by atomic mass is 9.92. The van der Waals surface area contributed by atoms with Gasteiger partial charge in [0.05, 0.1) is 6.10 Å². The normalized spacial score (nSPS) is 37.4. The standard InChI is InChI=1S/C11H21NO/c1-8(9-5-6-9)12-10-3-2-4-11(13)7-10/h8-13H,2-7H2,1H3/t8?,10-,11+/m0/s1. The zero-order valence-electron chi connectivity index (χ0n) is 8.50. The smallest absolute Gasteiger partial charge is 0.0555 e. The van der Waals surface area contributed by atoms with E-state index in [0.29, 0.717) is 12.1 Å². The van der Waals surface area contributed by atoms with Crippen molar-refractivity contribution in [2.75, 3.05) is 0 Å². The summed E-state index contributed by atoms with van der Waals surface area (Å²) < 4.78 is 0. The Morgan fingerprint density at radius 2 is 2.00 bits per heavy atom. The first-order valence-electron chi connectivity index (χ1n) is 5.70. The molecular weight excluding hydrogens is 162 g/mol. The highest BCUT2D eigenvalue weighted by Gasteiger charge is 2.30. The molecule has 0 radical (unpaired) electrons. The molecule has 0 saturated heterocycles. The van der Waals surface area contributed by atoms with E-state index in [2.05, 4.69) is 12.2 Å². The first-order chi connectivity index (χ1) is 6.25. The molecule has 76 valence electrons. The summed E-state index contributed by atoms with van der Waals surface area (Å²) in [5, 5.41) is 13.2. The van der Waals surface area contributed by atoms with Crippen molar-refractivity contribution in [3.63, 3.8) is 0 Å². The molecular formula is C11H21NO. The van der Waals surface area contributed by atoms with E-state index in [0.717, 1.165) is 18.8 Å². The maximum atomic E-state index is 9.51. The van der Waals surface area contributed by atoms with Gasteiger partial charge in [-0.15, -0.1) is 0 Å². The molecule has 3 atom stereocenters. The van der Waals surface area contributed by atoms with Crippen LogP contribution >= 0.6 is 0 Å². The summed E-state index contributed by atoms with van der Waals surface area (Å²) >= 11 is 0. The van der Waals surface area contributed by atoms with E-state index in [9.17, 15) is 5.11 Å². The monoisotopic (exact) mass is 183 g/mol. The van der Waals surface area contributed by atoms with Crippen LogP contribution in [0, 0.1) is 5.92 Å². The van der Waals surface area contributed by atoms with Crippen molar-refractivity contribution in [2.24, 2.45) is 5.92 Å². The summed E-state index contributed by atoms with van der Waals surface area (Å²) in [7, 11) is 0. The van der Waals surface area contributed by atoms with Crippen LogP contribution in [0.15, 0.2) is 0 Å². The fraction of sp³-hybridized carbons (Fsp3) is 1.00. The molecule has 0 aliphatic heterocycles. The van der Waals surface area contributed by atoms with Gasteiger partial charge in [-0.2, -0.15) is 0 Å². The first-order valence-corrected chi connectivity index (χ1v) is 5.70. The van der Waals surface area contributed by atoms with E-state index >= 15 is 0 Å². The minimum atomic E-state index is -0.0438. The summed E-state index contributed by atoms with van der Waals surface area (Å²) in [6, 6.07) is 1.26. The number of nitrogens with one attached hydrogen (secondary N) is 1. The van der Waals surface area contributed by atoms with Crippen molar-refractivity contribution in [1.29, 1.82) is 0 Å². The van der Waals surface area contributed by atoms with Crippen LogP contribution in [-0.4, -0.2) is 23.3 Å².